The molecule has 4 N–H and O–H groups in total. The summed E-state index contributed by atoms with van der Waals surface area (Å²) in [4.78, 5) is 14.8. The second-order valence-corrected chi connectivity index (χ2v) is 7.98. The molecule has 1 heterocycles. The Labute approximate surface area is 155 Å². The van der Waals surface area contributed by atoms with Crippen LogP contribution < -0.4 is 0 Å². The number of halogens is 1. The standard InChI is InChI=1S/C16H10BrNO7S/c17-9-3-7(4-10(19)13(9)21)1-2-12-18-6-8-5-11(20)14(22)15(23)16(8)26(12,24)25/h1-6,19-21,23H/b2-1+. The summed E-state index contributed by atoms with van der Waals surface area (Å²) in [6.45, 7) is 0. The lowest BCUT2D eigenvalue weighted by Crippen LogP contribution is -2.25. The Hall–Kier alpha value is -2.85. The summed E-state index contributed by atoms with van der Waals surface area (Å²) < 4.78 is 25.4. The first-order chi connectivity index (χ1) is 12.1. The van der Waals surface area contributed by atoms with Crippen molar-refractivity contribution >= 4 is 42.7 Å². The van der Waals surface area contributed by atoms with Gasteiger partial charge in [0.25, 0.3) is 5.78 Å². The molecule has 1 aromatic carbocycles. The van der Waals surface area contributed by atoms with Gasteiger partial charge in [-0.1, -0.05) is 6.08 Å². The number of benzene rings is 1. The maximum Gasteiger partial charge on any atom is 0.262 e. The van der Waals surface area contributed by atoms with E-state index in [-0.39, 0.29) is 15.8 Å². The average Bonchev–Trinajstić information content (AvgIpc) is 2.56. The number of carbonyl (C=O) groups excluding carboxylic acids is 1. The van der Waals surface area contributed by atoms with Crippen LogP contribution in [0.15, 0.2) is 61.9 Å². The number of carbonyl (C=O) groups is 1. The lowest BCUT2D eigenvalue weighted by atomic mass is 10.1. The Bertz CT molecular complexity index is 1080. The molecule has 0 atom stereocenters. The number of phenolic OH excluding ortho intramolecular Hbond substituents is 2. The first kappa shape index (κ1) is 18.0. The van der Waals surface area contributed by atoms with Gasteiger partial charge in [-0.25, -0.2) is 13.4 Å². The summed E-state index contributed by atoms with van der Waals surface area (Å²) in [5.74, 6) is -3.83. The van der Waals surface area contributed by atoms with Gasteiger partial charge in [0.1, 0.15) is 4.91 Å². The molecule has 0 fully saturated rings. The van der Waals surface area contributed by atoms with Crippen molar-refractivity contribution in [2.45, 2.75) is 0 Å². The van der Waals surface area contributed by atoms with Gasteiger partial charge in [0.15, 0.2) is 28.1 Å². The summed E-state index contributed by atoms with van der Waals surface area (Å²) >= 11 is 3.04. The molecule has 1 aliphatic heterocycles. The minimum Gasteiger partial charge on any atom is -0.504 e. The van der Waals surface area contributed by atoms with E-state index in [1.807, 2.05) is 0 Å². The van der Waals surface area contributed by atoms with E-state index in [2.05, 4.69) is 20.9 Å². The van der Waals surface area contributed by atoms with Gasteiger partial charge < -0.3 is 20.4 Å². The molecule has 26 heavy (non-hydrogen) atoms. The molecule has 0 aromatic heterocycles. The van der Waals surface area contributed by atoms with E-state index >= 15 is 0 Å². The topological polar surface area (TPSA) is 144 Å². The first-order valence-corrected chi connectivity index (χ1v) is 9.22. The van der Waals surface area contributed by atoms with Crippen LogP contribution in [0, 0.1) is 0 Å². The number of Topliss-reactive ketones (excluding diaryl/α,β-unsaturated/α-hetero) is 1. The van der Waals surface area contributed by atoms with Crippen LogP contribution >= 0.6 is 15.9 Å². The Kier molecular flexibility index (Phi) is 4.24. The molecule has 3 rings (SSSR count). The van der Waals surface area contributed by atoms with Crippen LogP contribution in [0.3, 0.4) is 0 Å². The lowest BCUT2D eigenvalue weighted by molar-refractivity contribution is -0.117. The number of rotatable bonds is 2. The number of fused-ring (bicyclic) bond motifs is 1. The predicted molar refractivity (Wildman–Crippen MR) is 96.3 cm³/mol. The normalized spacial score (nSPS) is 19.1. The molecule has 1 aliphatic carbocycles. The summed E-state index contributed by atoms with van der Waals surface area (Å²) in [5, 5.41) is 37.9. The van der Waals surface area contributed by atoms with Crippen LogP contribution in [0.5, 0.6) is 11.5 Å². The minimum absolute atomic E-state index is 0.109. The molecule has 0 saturated carbocycles. The number of aliphatic hydroxyl groups excluding tert-OH is 2. The van der Waals surface area contributed by atoms with Crippen molar-refractivity contribution in [2.24, 2.45) is 4.99 Å². The van der Waals surface area contributed by atoms with E-state index in [4.69, 9.17) is 0 Å². The monoisotopic (exact) mass is 439 g/mol. The fourth-order valence-corrected chi connectivity index (χ4v) is 4.21. The summed E-state index contributed by atoms with van der Waals surface area (Å²) in [5.41, 5.74) is 0.247. The Morgan fingerprint density at radius 2 is 1.77 bits per heavy atom. The third-order valence-corrected chi connectivity index (χ3v) is 5.94. The molecule has 10 heteroatoms. The fraction of sp³-hybridized carbons (Fsp3) is 0. The second-order valence-electron chi connectivity index (χ2n) is 5.30. The number of aromatic hydroxyl groups is 2. The highest BCUT2D eigenvalue weighted by atomic mass is 79.9. The van der Waals surface area contributed by atoms with E-state index in [1.54, 1.807) is 0 Å². The van der Waals surface area contributed by atoms with Gasteiger partial charge in [-0.05, 0) is 45.8 Å². The molecule has 0 unspecified atom stereocenters. The van der Waals surface area contributed by atoms with Gasteiger partial charge >= 0.3 is 0 Å². The smallest absolute Gasteiger partial charge is 0.262 e. The first-order valence-electron chi connectivity index (χ1n) is 6.94. The molecular weight excluding hydrogens is 430 g/mol. The second kappa shape index (κ2) is 6.15. The SMILES string of the molecule is O=C1C(O)=CC2=CN=C(/C=C/c3cc(O)c(O)c(Br)c3)S(=O)(=O)C2=C1O. The molecule has 0 bridgehead atoms. The highest BCUT2D eigenvalue weighted by Gasteiger charge is 2.38. The molecule has 0 radical (unpaired) electrons. The van der Waals surface area contributed by atoms with Crippen LogP contribution in [0.4, 0.5) is 0 Å². The largest absolute Gasteiger partial charge is 0.504 e. The van der Waals surface area contributed by atoms with Crippen molar-refractivity contribution in [3.05, 3.63) is 62.5 Å². The number of phenols is 2. The van der Waals surface area contributed by atoms with Crippen molar-refractivity contribution < 1.29 is 33.6 Å². The zero-order valence-corrected chi connectivity index (χ0v) is 15.1. The summed E-state index contributed by atoms with van der Waals surface area (Å²) in [7, 11) is -4.30. The van der Waals surface area contributed by atoms with Crippen LogP contribution in [0.2, 0.25) is 0 Å². The molecule has 134 valence electrons. The number of hydrogen-bond donors (Lipinski definition) is 4. The molecule has 0 amide bonds. The maximum absolute atomic E-state index is 12.6. The number of ketones is 1. The van der Waals surface area contributed by atoms with Gasteiger partial charge in [-0.15, -0.1) is 0 Å². The van der Waals surface area contributed by atoms with Crippen LogP contribution in [0.1, 0.15) is 5.56 Å². The van der Waals surface area contributed by atoms with E-state index in [1.165, 1.54) is 18.2 Å². The lowest BCUT2D eigenvalue weighted by Gasteiger charge is -2.18. The van der Waals surface area contributed by atoms with Crippen molar-refractivity contribution in [1.82, 2.24) is 0 Å². The fourth-order valence-electron chi connectivity index (χ4n) is 2.33. The molecule has 0 spiro atoms. The van der Waals surface area contributed by atoms with Gasteiger partial charge in [0, 0.05) is 11.8 Å². The van der Waals surface area contributed by atoms with Gasteiger partial charge in [-0.3, -0.25) is 4.79 Å². The number of hydrogen-bond acceptors (Lipinski definition) is 8. The quantitative estimate of drug-likeness (QED) is 0.517. The molecular formula is C16H10BrNO7S. The third kappa shape index (κ3) is 2.82. The highest BCUT2D eigenvalue weighted by molar-refractivity contribution is 9.10. The zero-order chi connectivity index (χ0) is 19.2. The van der Waals surface area contributed by atoms with Crippen molar-refractivity contribution in [2.75, 3.05) is 0 Å². The Morgan fingerprint density at radius 1 is 1.08 bits per heavy atom. The van der Waals surface area contributed by atoms with Crippen molar-refractivity contribution in [1.29, 1.82) is 0 Å². The molecule has 8 nitrogen and oxygen atoms in total. The van der Waals surface area contributed by atoms with E-state index in [9.17, 15) is 33.6 Å². The van der Waals surface area contributed by atoms with Crippen molar-refractivity contribution in [3.8, 4) is 11.5 Å². The van der Waals surface area contributed by atoms with Crippen molar-refractivity contribution in [3.63, 3.8) is 0 Å². The highest BCUT2D eigenvalue weighted by Crippen LogP contribution is 2.35. The van der Waals surface area contributed by atoms with E-state index < -0.39 is 42.8 Å². The predicted octanol–water partition coefficient (Wildman–Crippen LogP) is 2.38. The van der Waals surface area contributed by atoms with Crippen LogP contribution in [0.25, 0.3) is 6.08 Å². The number of aliphatic hydroxyl groups is 2. The minimum atomic E-state index is -4.30. The number of allylic oxidation sites excluding steroid dienone is 2. The Morgan fingerprint density at radius 3 is 2.42 bits per heavy atom. The van der Waals surface area contributed by atoms with Gasteiger partial charge in [0.2, 0.25) is 9.84 Å². The molecule has 1 aromatic rings. The zero-order valence-electron chi connectivity index (χ0n) is 12.7. The number of sulfone groups is 1. The summed E-state index contributed by atoms with van der Waals surface area (Å²) in [6.07, 6.45) is 4.44. The van der Waals surface area contributed by atoms with Gasteiger partial charge in [-0.2, -0.15) is 0 Å². The molecule has 0 saturated heterocycles. The van der Waals surface area contributed by atoms with Crippen LogP contribution in [-0.2, 0) is 14.6 Å². The number of nitrogens with zero attached hydrogens (tertiary/aromatic N) is 1. The van der Waals surface area contributed by atoms with E-state index in [0.717, 1.165) is 18.4 Å². The number of aliphatic imine (C=N–C) groups is 1. The van der Waals surface area contributed by atoms with Gasteiger partial charge in [0.05, 0.1) is 4.47 Å². The average molecular weight is 440 g/mol. The summed E-state index contributed by atoms with van der Waals surface area (Å²) in [6, 6.07) is 2.64. The molecule has 2 aliphatic rings. The van der Waals surface area contributed by atoms with E-state index in [0.29, 0.717) is 5.56 Å². The van der Waals surface area contributed by atoms with Crippen LogP contribution in [-0.4, -0.2) is 39.7 Å². The Balaban J connectivity index is 2.06. The third-order valence-electron chi connectivity index (χ3n) is 3.58. The maximum atomic E-state index is 12.6.